The Balaban J connectivity index is 2.46. The average Bonchev–Trinajstić information content (AvgIpc) is 2.84. The first-order valence-corrected chi connectivity index (χ1v) is 7.44. The zero-order valence-electron chi connectivity index (χ0n) is 13.0. The molecule has 1 atom stereocenters. The second-order valence-corrected chi connectivity index (χ2v) is 5.66. The van der Waals surface area contributed by atoms with Crippen molar-refractivity contribution in [1.82, 2.24) is 10.5 Å². The van der Waals surface area contributed by atoms with Crippen molar-refractivity contribution in [2.75, 3.05) is 0 Å². The number of rotatable bonds is 5. The third-order valence-corrected chi connectivity index (χ3v) is 4.07. The van der Waals surface area contributed by atoms with Crippen LogP contribution >= 0.6 is 11.6 Å². The zero-order chi connectivity index (χ0) is 17.2. The highest BCUT2D eigenvalue weighted by molar-refractivity contribution is 6.30. The molecular weight excluding hydrogens is 320 g/mol. The highest BCUT2D eigenvalue weighted by atomic mass is 35.5. The summed E-state index contributed by atoms with van der Waals surface area (Å²) in [5, 5.41) is 16.6. The number of carbonyl (C=O) groups excluding carboxylic acids is 1. The third-order valence-electron chi connectivity index (χ3n) is 3.82. The van der Waals surface area contributed by atoms with Gasteiger partial charge in [-0.2, -0.15) is 0 Å². The molecule has 0 spiro atoms. The number of hydrogen-bond acceptors (Lipinski definition) is 4. The predicted octanol–water partition coefficient (Wildman–Crippen LogP) is 3.06. The normalized spacial score (nSPS) is 13.4. The fourth-order valence-corrected chi connectivity index (χ4v) is 2.62. The predicted molar refractivity (Wildman–Crippen MR) is 84.5 cm³/mol. The minimum absolute atomic E-state index is 0.166. The molecule has 2 aromatic rings. The maximum absolute atomic E-state index is 12.6. The second kappa shape index (κ2) is 6.42. The van der Waals surface area contributed by atoms with Crippen LogP contribution in [0.3, 0.4) is 0 Å². The van der Waals surface area contributed by atoms with Crippen molar-refractivity contribution >= 4 is 23.5 Å². The van der Waals surface area contributed by atoms with E-state index >= 15 is 0 Å². The number of benzene rings is 1. The number of aliphatic carboxylic acids is 1. The lowest BCUT2D eigenvalue weighted by Crippen LogP contribution is -2.51. The second-order valence-electron chi connectivity index (χ2n) is 5.22. The number of amides is 1. The molecule has 0 aliphatic carbocycles. The van der Waals surface area contributed by atoms with Crippen molar-refractivity contribution in [2.45, 2.75) is 32.7 Å². The highest BCUT2D eigenvalue weighted by Crippen LogP contribution is 2.28. The number of carbonyl (C=O) groups is 2. The van der Waals surface area contributed by atoms with E-state index in [1.165, 1.54) is 0 Å². The minimum atomic E-state index is -1.56. The van der Waals surface area contributed by atoms with E-state index < -0.39 is 17.4 Å². The molecule has 0 fully saturated rings. The first-order chi connectivity index (χ1) is 10.8. The van der Waals surface area contributed by atoms with Gasteiger partial charge in [-0.1, -0.05) is 35.8 Å². The van der Waals surface area contributed by atoms with E-state index in [2.05, 4.69) is 10.5 Å². The number of nitrogens with zero attached hydrogens (tertiary/aromatic N) is 1. The van der Waals surface area contributed by atoms with Crippen LogP contribution in [0.15, 0.2) is 28.8 Å². The Morgan fingerprint density at radius 3 is 2.35 bits per heavy atom. The molecule has 122 valence electrons. The molecule has 0 aliphatic heterocycles. The Labute approximate surface area is 138 Å². The molecule has 2 N–H and O–H groups in total. The van der Waals surface area contributed by atoms with Crippen LogP contribution in [-0.2, 0) is 10.3 Å². The standard InChI is InChI=1S/C16H17ClN2O4/c1-4-16(15(21)22,11-5-7-12(17)8-6-11)18-14(20)13-9(2)19-23-10(13)3/h5-8H,4H2,1-3H3,(H,18,20)(H,21,22)/t16-/m0/s1. The molecule has 6 nitrogen and oxygen atoms in total. The van der Waals surface area contributed by atoms with Crippen LogP contribution in [0.1, 0.15) is 40.7 Å². The first-order valence-electron chi connectivity index (χ1n) is 7.06. The number of hydrogen-bond donors (Lipinski definition) is 2. The van der Waals surface area contributed by atoms with Gasteiger partial charge in [-0.15, -0.1) is 0 Å². The number of carboxylic acids is 1. The SMILES string of the molecule is CC[C@@](NC(=O)c1c(C)noc1C)(C(=O)O)c1ccc(Cl)cc1. The van der Waals surface area contributed by atoms with Gasteiger partial charge in [0.15, 0.2) is 5.54 Å². The van der Waals surface area contributed by atoms with E-state index in [0.29, 0.717) is 22.0 Å². The monoisotopic (exact) mass is 336 g/mol. The van der Waals surface area contributed by atoms with Crippen LogP contribution in [0, 0.1) is 13.8 Å². The van der Waals surface area contributed by atoms with Gasteiger partial charge in [0, 0.05) is 5.02 Å². The summed E-state index contributed by atoms with van der Waals surface area (Å²) in [6.07, 6.45) is 0.166. The Morgan fingerprint density at radius 2 is 1.91 bits per heavy atom. The molecule has 0 unspecified atom stereocenters. The van der Waals surface area contributed by atoms with Crippen LogP contribution in [0.4, 0.5) is 0 Å². The first kappa shape index (κ1) is 17.0. The molecule has 2 rings (SSSR count). The van der Waals surface area contributed by atoms with E-state index in [4.69, 9.17) is 16.1 Å². The average molecular weight is 337 g/mol. The molecule has 0 saturated heterocycles. The molecule has 0 saturated carbocycles. The van der Waals surface area contributed by atoms with Gasteiger partial charge in [0.1, 0.15) is 11.3 Å². The maximum atomic E-state index is 12.6. The largest absolute Gasteiger partial charge is 0.479 e. The van der Waals surface area contributed by atoms with Crippen molar-refractivity contribution in [3.05, 3.63) is 51.9 Å². The van der Waals surface area contributed by atoms with Crippen molar-refractivity contribution in [3.63, 3.8) is 0 Å². The lowest BCUT2D eigenvalue weighted by molar-refractivity contribution is -0.145. The van der Waals surface area contributed by atoms with Crippen LogP contribution in [0.5, 0.6) is 0 Å². The third kappa shape index (κ3) is 3.07. The summed E-state index contributed by atoms with van der Waals surface area (Å²) in [6, 6.07) is 6.36. The van der Waals surface area contributed by atoms with Gasteiger partial charge >= 0.3 is 5.97 Å². The number of halogens is 1. The smallest absolute Gasteiger partial charge is 0.334 e. The lowest BCUT2D eigenvalue weighted by Gasteiger charge is -2.30. The molecule has 1 amide bonds. The van der Waals surface area contributed by atoms with Gasteiger partial charge in [0.05, 0.1) is 5.69 Å². The topological polar surface area (TPSA) is 92.4 Å². The van der Waals surface area contributed by atoms with Crippen molar-refractivity contribution in [2.24, 2.45) is 0 Å². The summed E-state index contributed by atoms with van der Waals surface area (Å²) in [6.45, 7) is 4.92. The molecular formula is C16H17ClN2O4. The Kier molecular flexibility index (Phi) is 4.75. The van der Waals surface area contributed by atoms with Crippen molar-refractivity contribution in [1.29, 1.82) is 0 Å². The van der Waals surface area contributed by atoms with Crippen LogP contribution in [-0.4, -0.2) is 22.1 Å². The summed E-state index contributed by atoms with van der Waals surface area (Å²) in [5.74, 6) is -1.35. The van der Waals surface area contributed by atoms with Gasteiger partial charge < -0.3 is 14.9 Å². The Hall–Kier alpha value is -2.34. The minimum Gasteiger partial charge on any atom is -0.479 e. The number of carboxylic acid groups (broad SMARTS) is 1. The Bertz CT molecular complexity index is 720. The quantitative estimate of drug-likeness (QED) is 0.875. The summed E-state index contributed by atoms with van der Waals surface area (Å²) < 4.78 is 4.97. The fourth-order valence-electron chi connectivity index (χ4n) is 2.49. The maximum Gasteiger partial charge on any atom is 0.334 e. The van der Waals surface area contributed by atoms with Gasteiger partial charge in [-0.3, -0.25) is 4.79 Å². The van der Waals surface area contributed by atoms with E-state index in [0.717, 1.165) is 0 Å². The van der Waals surface area contributed by atoms with E-state index in [1.807, 2.05) is 0 Å². The number of nitrogens with one attached hydrogen (secondary N) is 1. The summed E-state index contributed by atoms with van der Waals surface area (Å²) in [5.41, 5.74) is -0.459. The summed E-state index contributed by atoms with van der Waals surface area (Å²) in [4.78, 5) is 24.5. The van der Waals surface area contributed by atoms with Crippen molar-refractivity contribution < 1.29 is 19.2 Å². The van der Waals surface area contributed by atoms with Gasteiger partial charge in [-0.25, -0.2) is 4.79 Å². The Morgan fingerprint density at radius 1 is 1.30 bits per heavy atom. The summed E-state index contributed by atoms with van der Waals surface area (Å²) >= 11 is 5.86. The lowest BCUT2D eigenvalue weighted by atomic mass is 9.86. The molecule has 1 aromatic carbocycles. The molecule has 1 aromatic heterocycles. The van der Waals surface area contributed by atoms with Crippen LogP contribution < -0.4 is 5.32 Å². The summed E-state index contributed by atoms with van der Waals surface area (Å²) in [7, 11) is 0. The van der Waals surface area contributed by atoms with Crippen LogP contribution in [0.25, 0.3) is 0 Å². The molecule has 0 aliphatic rings. The van der Waals surface area contributed by atoms with Gasteiger partial charge in [0.2, 0.25) is 0 Å². The fraction of sp³-hybridized carbons (Fsp3) is 0.312. The molecule has 7 heteroatoms. The van der Waals surface area contributed by atoms with Gasteiger partial charge in [-0.05, 0) is 38.0 Å². The van der Waals surface area contributed by atoms with Crippen LogP contribution in [0.2, 0.25) is 5.02 Å². The number of aryl methyl sites for hydroxylation is 2. The number of aromatic nitrogens is 1. The zero-order valence-corrected chi connectivity index (χ0v) is 13.8. The van der Waals surface area contributed by atoms with E-state index in [9.17, 15) is 14.7 Å². The van der Waals surface area contributed by atoms with Gasteiger partial charge in [0.25, 0.3) is 5.91 Å². The van der Waals surface area contributed by atoms with Crippen molar-refractivity contribution in [3.8, 4) is 0 Å². The van der Waals surface area contributed by atoms with E-state index in [-0.39, 0.29) is 12.0 Å². The molecule has 23 heavy (non-hydrogen) atoms. The molecule has 0 bridgehead atoms. The molecule has 1 heterocycles. The highest BCUT2D eigenvalue weighted by Gasteiger charge is 2.41. The van der Waals surface area contributed by atoms with E-state index in [1.54, 1.807) is 45.0 Å². The molecule has 0 radical (unpaired) electrons.